The zero-order valence-electron chi connectivity index (χ0n) is 11.1. The van der Waals surface area contributed by atoms with Gasteiger partial charge in [0.1, 0.15) is 22.0 Å². The number of benzene rings is 2. The van der Waals surface area contributed by atoms with Gasteiger partial charge in [-0.3, -0.25) is 0 Å². The van der Waals surface area contributed by atoms with Gasteiger partial charge in [-0.2, -0.15) is 0 Å². The maximum atomic E-state index is 11.5. The second kappa shape index (κ2) is 5.55. The quantitative estimate of drug-likeness (QED) is 0.899. The van der Waals surface area contributed by atoms with Crippen molar-refractivity contribution in [1.82, 2.24) is 0 Å². The van der Waals surface area contributed by atoms with Gasteiger partial charge in [0.05, 0.1) is 0 Å². The maximum Gasteiger partial charge on any atom is 0.339 e. The van der Waals surface area contributed by atoms with Gasteiger partial charge in [-0.25, -0.2) is 18.4 Å². The second-order valence-electron chi connectivity index (χ2n) is 4.40. The summed E-state index contributed by atoms with van der Waals surface area (Å²) in [4.78, 5) is 11.0. The predicted molar refractivity (Wildman–Crippen MR) is 76.0 cm³/mol. The number of nitrogens with two attached hydrogens (primary N) is 1. The van der Waals surface area contributed by atoms with Gasteiger partial charge in [-0.05, 0) is 31.2 Å². The first-order valence-electron chi connectivity index (χ1n) is 5.92. The fraction of sp³-hybridized carbons (Fsp3) is 0.0714. The Balaban J connectivity index is 2.52. The molecule has 0 unspecified atom stereocenters. The Hall–Kier alpha value is -2.38. The number of para-hydroxylation sites is 1. The van der Waals surface area contributed by atoms with Crippen molar-refractivity contribution in [2.24, 2.45) is 5.14 Å². The molecule has 0 aromatic heterocycles. The molecule has 0 saturated heterocycles. The Bertz CT molecular complexity index is 799. The van der Waals surface area contributed by atoms with E-state index >= 15 is 0 Å². The molecule has 0 spiro atoms. The largest absolute Gasteiger partial charge is 0.478 e. The van der Waals surface area contributed by atoms with Gasteiger partial charge in [0.15, 0.2) is 0 Å². The van der Waals surface area contributed by atoms with E-state index in [4.69, 9.17) is 9.88 Å². The lowest BCUT2D eigenvalue weighted by Gasteiger charge is -2.12. The van der Waals surface area contributed by atoms with Crippen molar-refractivity contribution in [3.8, 4) is 11.5 Å². The topological polar surface area (TPSA) is 107 Å². The van der Waals surface area contributed by atoms with Crippen LogP contribution in [-0.2, 0) is 10.0 Å². The number of aryl methyl sites for hydroxylation is 1. The van der Waals surface area contributed by atoms with E-state index in [0.717, 1.165) is 5.56 Å². The molecule has 7 heteroatoms. The highest BCUT2D eigenvalue weighted by Gasteiger charge is 2.18. The van der Waals surface area contributed by atoms with E-state index in [1.807, 2.05) is 0 Å². The Kier molecular flexibility index (Phi) is 3.97. The number of carbonyl (C=O) groups is 1. The van der Waals surface area contributed by atoms with Crippen LogP contribution in [0.4, 0.5) is 0 Å². The van der Waals surface area contributed by atoms with E-state index in [1.165, 1.54) is 30.3 Å². The van der Waals surface area contributed by atoms with Gasteiger partial charge in [-0.15, -0.1) is 0 Å². The van der Waals surface area contributed by atoms with Gasteiger partial charge in [0, 0.05) is 0 Å². The van der Waals surface area contributed by atoms with Crippen LogP contribution in [0.5, 0.6) is 11.5 Å². The lowest BCUT2D eigenvalue weighted by molar-refractivity contribution is 0.0694. The fourth-order valence-electron chi connectivity index (χ4n) is 1.79. The first kappa shape index (κ1) is 15.0. The molecule has 0 fully saturated rings. The number of hydrogen-bond donors (Lipinski definition) is 2. The minimum atomic E-state index is -3.97. The number of primary sulfonamides is 1. The Morgan fingerprint density at radius 1 is 1.14 bits per heavy atom. The van der Waals surface area contributed by atoms with Crippen molar-refractivity contribution in [3.05, 3.63) is 53.6 Å². The molecule has 2 rings (SSSR count). The smallest absolute Gasteiger partial charge is 0.339 e. The summed E-state index contributed by atoms with van der Waals surface area (Å²) in [6, 6.07) is 10.3. The van der Waals surface area contributed by atoms with Crippen LogP contribution < -0.4 is 9.88 Å². The molecule has 0 aliphatic heterocycles. The highest BCUT2D eigenvalue weighted by Crippen LogP contribution is 2.30. The molecular weight excluding hydrogens is 294 g/mol. The van der Waals surface area contributed by atoms with E-state index in [0.29, 0.717) is 0 Å². The van der Waals surface area contributed by atoms with Crippen LogP contribution in [0.2, 0.25) is 0 Å². The lowest BCUT2D eigenvalue weighted by atomic mass is 10.1. The molecule has 0 amide bonds. The summed E-state index contributed by atoms with van der Waals surface area (Å²) in [5, 5.41) is 14.3. The number of ether oxygens (including phenoxy) is 1. The number of aromatic carboxylic acids is 1. The minimum Gasteiger partial charge on any atom is -0.478 e. The van der Waals surface area contributed by atoms with E-state index in [2.05, 4.69) is 0 Å². The van der Waals surface area contributed by atoms with Gasteiger partial charge in [0.2, 0.25) is 10.0 Å². The summed E-state index contributed by atoms with van der Waals surface area (Å²) < 4.78 is 28.4. The Morgan fingerprint density at radius 2 is 1.81 bits per heavy atom. The second-order valence-corrected chi connectivity index (χ2v) is 5.93. The van der Waals surface area contributed by atoms with E-state index < -0.39 is 16.0 Å². The lowest BCUT2D eigenvalue weighted by Crippen LogP contribution is -2.13. The molecule has 0 atom stereocenters. The summed E-state index contributed by atoms with van der Waals surface area (Å²) in [6.07, 6.45) is 0. The third kappa shape index (κ3) is 3.39. The van der Waals surface area contributed by atoms with Crippen LogP contribution in [-0.4, -0.2) is 19.5 Å². The van der Waals surface area contributed by atoms with E-state index in [-0.39, 0.29) is 22.0 Å². The molecule has 2 aromatic carbocycles. The predicted octanol–water partition coefficient (Wildman–Crippen LogP) is 2.13. The zero-order valence-corrected chi connectivity index (χ0v) is 11.9. The zero-order chi connectivity index (χ0) is 15.6. The van der Waals surface area contributed by atoms with Crippen LogP contribution in [0.25, 0.3) is 0 Å². The van der Waals surface area contributed by atoms with Crippen molar-refractivity contribution >= 4 is 16.0 Å². The van der Waals surface area contributed by atoms with Crippen LogP contribution >= 0.6 is 0 Å². The molecule has 2 aromatic rings. The Labute approximate surface area is 121 Å². The normalized spacial score (nSPS) is 11.1. The molecule has 3 N–H and O–H groups in total. The van der Waals surface area contributed by atoms with Crippen molar-refractivity contribution in [1.29, 1.82) is 0 Å². The third-order valence-corrected chi connectivity index (χ3v) is 3.69. The number of carboxylic acid groups (broad SMARTS) is 1. The first-order valence-corrected chi connectivity index (χ1v) is 7.47. The average molecular weight is 307 g/mol. The monoisotopic (exact) mass is 307 g/mol. The Morgan fingerprint density at radius 3 is 2.43 bits per heavy atom. The molecule has 110 valence electrons. The van der Waals surface area contributed by atoms with Crippen LogP contribution in [0.1, 0.15) is 15.9 Å². The van der Waals surface area contributed by atoms with Crippen molar-refractivity contribution < 1.29 is 23.1 Å². The molecule has 0 aliphatic carbocycles. The van der Waals surface area contributed by atoms with Crippen molar-refractivity contribution in [2.75, 3.05) is 0 Å². The molecule has 0 aliphatic rings. The molecule has 21 heavy (non-hydrogen) atoms. The van der Waals surface area contributed by atoms with Gasteiger partial charge >= 0.3 is 5.97 Å². The van der Waals surface area contributed by atoms with Gasteiger partial charge in [-0.1, -0.05) is 23.8 Å². The van der Waals surface area contributed by atoms with E-state index in [1.54, 1.807) is 19.1 Å². The molecule has 0 heterocycles. The maximum absolute atomic E-state index is 11.5. The first-order chi connectivity index (χ1) is 9.79. The highest BCUT2D eigenvalue weighted by molar-refractivity contribution is 7.89. The SMILES string of the molecule is Cc1ccc(Oc2ccccc2S(N)(=O)=O)c(C(=O)O)c1. The number of rotatable bonds is 4. The summed E-state index contributed by atoms with van der Waals surface area (Å²) in [5.41, 5.74) is 0.693. The minimum absolute atomic E-state index is 0.0219. The van der Waals surface area contributed by atoms with Crippen LogP contribution in [0, 0.1) is 6.92 Å². The van der Waals surface area contributed by atoms with E-state index in [9.17, 15) is 18.3 Å². The number of carboxylic acids is 1. The third-order valence-electron chi connectivity index (χ3n) is 2.74. The standard InChI is InChI=1S/C14H13NO5S/c1-9-6-7-11(10(8-9)14(16)17)20-12-4-2-3-5-13(12)21(15,18)19/h2-8H,1H3,(H,16,17)(H2,15,18,19). The van der Waals surface area contributed by atoms with Crippen molar-refractivity contribution in [2.45, 2.75) is 11.8 Å². The highest BCUT2D eigenvalue weighted by atomic mass is 32.2. The van der Waals surface area contributed by atoms with Crippen LogP contribution in [0.15, 0.2) is 47.4 Å². The summed E-state index contributed by atoms with van der Waals surface area (Å²) in [5.74, 6) is -1.14. The summed E-state index contributed by atoms with van der Waals surface area (Å²) >= 11 is 0. The summed E-state index contributed by atoms with van der Waals surface area (Å²) in [7, 11) is -3.97. The van der Waals surface area contributed by atoms with Gasteiger partial charge in [0.25, 0.3) is 0 Å². The average Bonchev–Trinajstić information content (AvgIpc) is 2.40. The number of hydrogen-bond acceptors (Lipinski definition) is 4. The van der Waals surface area contributed by atoms with Crippen molar-refractivity contribution in [3.63, 3.8) is 0 Å². The summed E-state index contributed by atoms with van der Waals surface area (Å²) in [6.45, 7) is 1.74. The molecule has 0 bridgehead atoms. The van der Waals surface area contributed by atoms with Crippen LogP contribution in [0.3, 0.4) is 0 Å². The molecule has 0 saturated carbocycles. The van der Waals surface area contributed by atoms with Gasteiger partial charge < -0.3 is 9.84 Å². The number of sulfonamides is 1. The molecule has 0 radical (unpaired) electrons. The molecular formula is C14H13NO5S. The fourth-order valence-corrected chi connectivity index (χ4v) is 2.45. The molecule has 6 nitrogen and oxygen atoms in total.